The Morgan fingerprint density at radius 1 is 0.792 bits per heavy atom. The lowest BCUT2D eigenvalue weighted by atomic mass is 10.2. The molecule has 0 unspecified atom stereocenters. The molecule has 0 rings (SSSR count). The van der Waals surface area contributed by atoms with Crippen molar-refractivity contribution in [2.24, 2.45) is 0 Å². The minimum absolute atomic E-state index is 0.309. The van der Waals surface area contributed by atoms with Crippen LogP contribution < -0.4 is 0 Å². The molecule has 0 saturated heterocycles. The summed E-state index contributed by atoms with van der Waals surface area (Å²) in [5.74, 6) is 0. The van der Waals surface area contributed by atoms with E-state index in [-0.39, 0.29) is 0 Å². The van der Waals surface area contributed by atoms with Crippen LogP contribution >= 0.6 is 0 Å². The van der Waals surface area contributed by atoms with Gasteiger partial charge < -0.3 is 9.47 Å². The average Bonchev–Trinajstić information content (AvgIpc) is 2.41. The van der Waals surface area contributed by atoms with Crippen LogP contribution in [0.3, 0.4) is 0 Å². The molecule has 0 N–H and O–H groups in total. The summed E-state index contributed by atoms with van der Waals surface area (Å²) in [7, 11) is 0. The van der Waals surface area contributed by atoms with Gasteiger partial charge in [0.2, 0.25) is 0 Å². The lowest BCUT2D eigenvalue weighted by Crippen LogP contribution is -2.29. The van der Waals surface area contributed by atoms with Gasteiger partial charge in [-0.3, -0.25) is 9.78 Å². The summed E-state index contributed by atoms with van der Waals surface area (Å²) < 4.78 is 9.86. The van der Waals surface area contributed by atoms with E-state index in [0.29, 0.717) is 12.8 Å². The zero-order valence-electron chi connectivity index (χ0n) is 15.7. The maximum atomic E-state index is 11.6. The molecule has 0 fully saturated rings. The molecule has 8 nitrogen and oxygen atoms in total. The van der Waals surface area contributed by atoms with Gasteiger partial charge in [0.1, 0.15) is 11.2 Å². The van der Waals surface area contributed by atoms with E-state index in [9.17, 15) is 9.59 Å². The highest BCUT2D eigenvalue weighted by molar-refractivity contribution is 5.61. The third kappa shape index (κ3) is 14.1. The van der Waals surface area contributed by atoms with Crippen LogP contribution in [0.1, 0.15) is 74.1 Å². The van der Waals surface area contributed by atoms with Crippen molar-refractivity contribution in [1.82, 2.24) is 0 Å². The average molecular weight is 350 g/mol. The maximum Gasteiger partial charge on any atom is 0.543 e. The third-order valence-corrected chi connectivity index (χ3v) is 2.22. The first-order chi connectivity index (χ1) is 10.9. The van der Waals surface area contributed by atoms with Crippen LogP contribution in [0.2, 0.25) is 0 Å². The molecule has 0 aliphatic carbocycles. The number of ether oxygens (including phenoxy) is 2. The highest BCUT2D eigenvalue weighted by Crippen LogP contribution is 2.14. The van der Waals surface area contributed by atoms with Crippen LogP contribution in [0.15, 0.2) is 0 Å². The Labute approximate surface area is 143 Å². The molecule has 0 aromatic carbocycles. The van der Waals surface area contributed by atoms with Crippen LogP contribution in [-0.4, -0.2) is 29.8 Å². The summed E-state index contributed by atoms with van der Waals surface area (Å²) in [6, 6.07) is 0. The van der Waals surface area contributed by atoms with Gasteiger partial charge in [-0.05, 0) is 48.0 Å². The molecule has 0 aliphatic heterocycles. The van der Waals surface area contributed by atoms with Crippen LogP contribution in [-0.2, 0) is 29.0 Å². The highest BCUT2D eigenvalue weighted by atomic mass is 17.3. The van der Waals surface area contributed by atoms with Gasteiger partial charge in [-0.2, -0.15) is 9.78 Å². The Kier molecular flexibility index (Phi) is 9.69. The molecule has 0 bridgehead atoms. The lowest BCUT2D eigenvalue weighted by Gasteiger charge is -2.20. The highest BCUT2D eigenvalue weighted by Gasteiger charge is 2.25. The van der Waals surface area contributed by atoms with Gasteiger partial charge in [0.05, 0.1) is 0 Å². The van der Waals surface area contributed by atoms with Crippen molar-refractivity contribution < 1.29 is 38.6 Å². The van der Waals surface area contributed by atoms with Crippen molar-refractivity contribution in [3.05, 3.63) is 0 Å². The number of carbonyl (C=O) groups is 2. The first-order valence-corrected chi connectivity index (χ1v) is 8.05. The van der Waals surface area contributed by atoms with E-state index in [1.54, 1.807) is 41.5 Å². The predicted octanol–water partition coefficient (Wildman–Crippen LogP) is 4.66. The Balaban J connectivity index is 4.45. The van der Waals surface area contributed by atoms with Crippen LogP contribution in [0.4, 0.5) is 9.59 Å². The Hall–Kier alpha value is -1.54. The van der Waals surface area contributed by atoms with Crippen molar-refractivity contribution in [3.8, 4) is 0 Å². The van der Waals surface area contributed by atoms with E-state index in [2.05, 4.69) is 9.78 Å². The minimum Gasteiger partial charge on any atom is -0.392 e. The molecule has 24 heavy (non-hydrogen) atoms. The predicted molar refractivity (Wildman–Crippen MR) is 84.7 cm³/mol. The quantitative estimate of drug-likeness (QED) is 0.205. The molecule has 0 saturated carbocycles. The Morgan fingerprint density at radius 3 is 1.54 bits per heavy atom. The number of unbranched alkanes of at least 4 members (excludes halogenated alkanes) is 2. The van der Waals surface area contributed by atoms with E-state index in [1.165, 1.54) is 0 Å². The van der Waals surface area contributed by atoms with Gasteiger partial charge >= 0.3 is 12.3 Å². The first kappa shape index (κ1) is 22.5. The summed E-state index contributed by atoms with van der Waals surface area (Å²) in [6.45, 7) is 12.3. The first-order valence-electron chi connectivity index (χ1n) is 8.05. The summed E-state index contributed by atoms with van der Waals surface area (Å²) in [5, 5.41) is 0. The molecule has 142 valence electrons. The number of carbonyl (C=O) groups excluding carboxylic acids is 2. The van der Waals surface area contributed by atoms with Gasteiger partial charge in [-0.15, -0.1) is 0 Å². The Bertz CT molecular complexity index is 349. The molecule has 8 heteroatoms. The van der Waals surface area contributed by atoms with Gasteiger partial charge in [-0.25, -0.2) is 9.59 Å². The number of rotatable bonds is 8. The fourth-order valence-electron chi connectivity index (χ4n) is 1.27. The summed E-state index contributed by atoms with van der Waals surface area (Å²) in [5.41, 5.74) is -1.37. The van der Waals surface area contributed by atoms with Crippen molar-refractivity contribution in [3.63, 3.8) is 0 Å². The second kappa shape index (κ2) is 10.4. The standard InChI is InChI=1S/C16H30O8/c1-8-9-10-11-12(19-13(17)21-23-15(2,3)4)20-14(18)22-24-16(5,6)7/h12H,8-11H2,1-7H3. The molecule has 0 atom stereocenters. The normalized spacial score (nSPS) is 12.0. The van der Waals surface area contributed by atoms with Gasteiger partial charge in [0.15, 0.2) is 0 Å². The third-order valence-electron chi connectivity index (χ3n) is 2.22. The van der Waals surface area contributed by atoms with E-state index in [1.807, 2.05) is 6.92 Å². The monoisotopic (exact) mass is 350 g/mol. The SMILES string of the molecule is CCCCCC(OC(=O)OOC(C)(C)C)OC(=O)OOC(C)(C)C. The van der Waals surface area contributed by atoms with Crippen LogP contribution in [0.25, 0.3) is 0 Å². The second-order valence-electron chi connectivity index (χ2n) is 7.22. The molecule has 0 amide bonds. The van der Waals surface area contributed by atoms with Crippen molar-refractivity contribution in [2.75, 3.05) is 0 Å². The molecule has 0 heterocycles. The molecule has 0 aromatic rings. The van der Waals surface area contributed by atoms with Gasteiger partial charge in [-0.1, -0.05) is 19.8 Å². The zero-order valence-corrected chi connectivity index (χ0v) is 15.7. The van der Waals surface area contributed by atoms with Crippen molar-refractivity contribution >= 4 is 12.3 Å². The topological polar surface area (TPSA) is 89.5 Å². The van der Waals surface area contributed by atoms with Crippen molar-refractivity contribution in [1.29, 1.82) is 0 Å². The second-order valence-corrected chi connectivity index (χ2v) is 7.22. The van der Waals surface area contributed by atoms with Gasteiger partial charge in [0, 0.05) is 6.42 Å². The van der Waals surface area contributed by atoms with E-state index in [4.69, 9.17) is 19.2 Å². The smallest absolute Gasteiger partial charge is 0.392 e. The summed E-state index contributed by atoms with van der Waals surface area (Å²) >= 11 is 0. The van der Waals surface area contributed by atoms with Crippen LogP contribution in [0.5, 0.6) is 0 Å². The molecular formula is C16H30O8. The minimum atomic E-state index is -1.15. The summed E-state index contributed by atoms with van der Waals surface area (Å²) in [4.78, 5) is 41.9. The lowest BCUT2D eigenvalue weighted by molar-refractivity contribution is -0.328. The zero-order chi connectivity index (χ0) is 18.8. The number of hydrogen-bond acceptors (Lipinski definition) is 8. The molecule has 0 spiro atoms. The fourth-order valence-corrected chi connectivity index (χ4v) is 1.27. The molecule has 0 aromatic heterocycles. The Morgan fingerprint density at radius 2 is 1.21 bits per heavy atom. The van der Waals surface area contributed by atoms with E-state index >= 15 is 0 Å². The summed E-state index contributed by atoms with van der Waals surface area (Å²) in [6.07, 6.45) is -0.493. The number of hydrogen-bond donors (Lipinski definition) is 0. The van der Waals surface area contributed by atoms with Gasteiger partial charge in [0.25, 0.3) is 6.29 Å². The van der Waals surface area contributed by atoms with E-state index < -0.39 is 29.8 Å². The van der Waals surface area contributed by atoms with E-state index in [0.717, 1.165) is 12.8 Å². The van der Waals surface area contributed by atoms with Crippen LogP contribution in [0, 0.1) is 0 Å². The largest absolute Gasteiger partial charge is 0.543 e. The fraction of sp³-hybridized carbons (Fsp3) is 0.875. The molecule has 0 aliphatic rings. The maximum absolute atomic E-state index is 11.6. The van der Waals surface area contributed by atoms with Crippen molar-refractivity contribution in [2.45, 2.75) is 91.6 Å². The molecular weight excluding hydrogens is 320 g/mol. The molecule has 0 radical (unpaired) electrons.